The van der Waals surface area contributed by atoms with E-state index in [1.807, 2.05) is 31.2 Å². The number of halogens is 1. The van der Waals surface area contributed by atoms with Crippen molar-refractivity contribution in [2.75, 3.05) is 0 Å². The van der Waals surface area contributed by atoms with Crippen LogP contribution in [-0.2, 0) is 12.2 Å². The molecule has 0 aliphatic heterocycles. The Morgan fingerprint density at radius 2 is 2.22 bits per heavy atom. The fraction of sp³-hybridized carbons (Fsp3) is 0.333. The third kappa shape index (κ3) is 3.73. The zero-order valence-electron chi connectivity index (χ0n) is 9.97. The first-order valence-electron chi connectivity index (χ1n) is 5.59. The first kappa shape index (κ1) is 13.4. The van der Waals surface area contributed by atoms with Gasteiger partial charge in [-0.15, -0.1) is 11.8 Å². The predicted molar refractivity (Wildman–Crippen MR) is 72.7 cm³/mol. The van der Waals surface area contributed by atoms with Gasteiger partial charge in [-0.2, -0.15) is 4.98 Å². The zero-order chi connectivity index (χ0) is 13.0. The van der Waals surface area contributed by atoms with E-state index in [2.05, 4.69) is 10.1 Å². The lowest BCUT2D eigenvalue weighted by Crippen LogP contribution is -2.17. The molecular weight excluding hydrogens is 270 g/mol. The Bertz CT molecular complexity index is 516. The van der Waals surface area contributed by atoms with Crippen LogP contribution in [0.25, 0.3) is 0 Å². The molecule has 0 saturated carbocycles. The summed E-state index contributed by atoms with van der Waals surface area (Å²) < 4.78 is 5.11. The van der Waals surface area contributed by atoms with Crippen molar-refractivity contribution in [1.29, 1.82) is 0 Å². The second-order valence-corrected chi connectivity index (χ2v) is 5.43. The summed E-state index contributed by atoms with van der Waals surface area (Å²) in [5.41, 5.74) is 5.67. The number of nitrogens with two attached hydrogens (primary N) is 1. The van der Waals surface area contributed by atoms with Gasteiger partial charge >= 0.3 is 0 Å². The lowest BCUT2D eigenvalue weighted by atomic mass is 10.2. The quantitative estimate of drug-likeness (QED) is 0.855. The summed E-state index contributed by atoms with van der Waals surface area (Å²) in [6, 6.07) is 7.71. The van der Waals surface area contributed by atoms with E-state index in [4.69, 9.17) is 21.9 Å². The van der Waals surface area contributed by atoms with Crippen molar-refractivity contribution in [2.24, 2.45) is 5.73 Å². The highest BCUT2D eigenvalue weighted by atomic mass is 35.5. The molecule has 18 heavy (non-hydrogen) atoms. The maximum absolute atomic E-state index is 6.06. The molecular formula is C12H14ClN3OS. The minimum atomic E-state index is 0.0227. The predicted octanol–water partition coefficient (Wildman–Crippen LogP) is 2.91. The van der Waals surface area contributed by atoms with Crippen LogP contribution in [0.15, 0.2) is 33.7 Å². The van der Waals surface area contributed by atoms with Crippen molar-refractivity contribution in [3.8, 4) is 0 Å². The summed E-state index contributed by atoms with van der Waals surface area (Å²) in [6.07, 6.45) is 0.601. The van der Waals surface area contributed by atoms with Crippen LogP contribution in [0.4, 0.5) is 0 Å². The minimum absolute atomic E-state index is 0.0227. The maximum Gasteiger partial charge on any atom is 0.228 e. The molecule has 2 aromatic rings. The lowest BCUT2D eigenvalue weighted by Gasteiger charge is -2.00. The highest BCUT2D eigenvalue weighted by molar-refractivity contribution is 7.98. The molecule has 1 aromatic heterocycles. The van der Waals surface area contributed by atoms with Gasteiger partial charge in [-0.05, 0) is 19.1 Å². The van der Waals surface area contributed by atoms with E-state index < -0.39 is 0 Å². The van der Waals surface area contributed by atoms with Crippen LogP contribution in [-0.4, -0.2) is 16.2 Å². The summed E-state index contributed by atoms with van der Waals surface area (Å²) in [4.78, 5) is 5.29. The average molecular weight is 284 g/mol. The Labute approximate surface area is 115 Å². The van der Waals surface area contributed by atoms with Crippen molar-refractivity contribution in [2.45, 2.75) is 30.0 Å². The van der Waals surface area contributed by atoms with E-state index >= 15 is 0 Å². The van der Waals surface area contributed by atoms with E-state index in [0.29, 0.717) is 23.9 Å². The summed E-state index contributed by atoms with van der Waals surface area (Å²) >= 11 is 7.65. The molecule has 0 aliphatic carbocycles. The van der Waals surface area contributed by atoms with Gasteiger partial charge in [-0.3, -0.25) is 0 Å². The number of benzene rings is 1. The summed E-state index contributed by atoms with van der Waals surface area (Å²) in [6.45, 7) is 1.91. The van der Waals surface area contributed by atoms with Gasteiger partial charge in [-0.1, -0.05) is 28.9 Å². The minimum Gasteiger partial charge on any atom is -0.339 e. The topological polar surface area (TPSA) is 64.9 Å². The van der Waals surface area contributed by atoms with Crippen LogP contribution in [0.1, 0.15) is 18.6 Å². The first-order chi connectivity index (χ1) is 8.65. The molecule has 4 nitrogen and oxygen atoms in total. The Morgan fingerprint density at radius 1 is 1.44 bits per heavy atom. The first-order valence-corrected chi connectivity index (χ1v) is 6.96. The molecule has 2 N–H and O–H groups in total. The number of nitrogens with zero attached hydrogens (tertiary/aromatic N) is 2. The maximum atomic E-state index is 6.06. The molecule has 0 fully saturated rings. The van der Waals surface area contributed by atoms with Crippen molar-refractivity contribution < 1.29 is 4.52 Å². The zero-order valence-corrected chi connectivity index (χ0v) is 11.5. The van der Waals surface area contributed by atoms with Crippen LogP contribution in [0.2, 0.25) is 5.02 Å². The van der Waals surface area contributed by atoms with Crippen LogP contribution < -0.4 is 5.73 Å². The Morgan fingerprint density at radius 3 is 2.94 bits per heavy atom. The Hall–Kier alpha value is -1.04. The van der Waals surface area contributed by atoms with Gasteiger partial charge in [0, 0.05) is 17.4 Å². The molecule has 0 spiro atoms. The molecule has 1 unspecified atom stereocenters. The highest BCUT2D eigenvalue weighted by Gasteiger charge is 2.09. The van der Waals surface area contributed by atoms with Crippen LogP contribution in [0.5, 0.6) is 0 Å². The standard InChI is InChI=1S/C12H14ClN3OS/c1-8(14)6-12-15-11(16-17-12)7-18-10-5-3-2-4-9(10)13/h2-5,8H,6-7,14H2,1H3. The normalized spacial score (nSPS) is 12.6. The molecule has 0 bridgehead atoms. The molecule has 0 aliphatic rings. The molecule has 2 rings (SSSR count). The van der Waals surface area contributed by atoms with E-state index in [-0.39, 0.29) is 6.04 Å². The van der Waals surface area contributed by atoms with Gasteiger partial charge in [0.25, 0.3) is 0 Å². The van der Waals surface area contributed by atoms with E-state index in [1.54, 1.807) is 11.8 Å². The molecule has 1 atom stereocenters. The average Bonchev–Trinajstić information content (AvgIpc) is 2.75. The van der Waals surface area contributed by atoms with Crippen LogP contribution in [0, 0.1) is 0 Å². The van der Waals surface area contributed by atoms with E-state index in [0.717, 1.165) is 9.92 Å². The molecule has 1 aromatic carbocycles. The number of aromatic nitrogens is 2. The fourth-order valence-electron chi connectivity index (χ4n) is 1.41. The third-order valence-corrected chi connectivity index (χ3v) is 3.71. The smallest absolute Gasteiger partial charge is 0.228 e. The molecule has 0 saturated heterocycles. The van der Waals surface area contributed by atoms with Crippen molar-refractivity contribution in [1.82, 2.24) is 10.1 Å². The monoisotopic (exact) mass is 283 g/mol. The number of hydrogen-bond acceptors (Lipinski definition) is 5. The van der Waals surface area contributed by atoms with Gasteiger partial charge in [0.2, 0.25) is 5.89 Å². The summed E-state index contributed by atoms with van der Waals surface area (Å²) in [5, 5.41) is 4.65. The SMILES string of the molecule is CC(N)Cc1nc(CSc2ccccc2Cl)no1. The molecule has 1 heterocycles. The van der Waals surface area contributed by atoms with Crippen molar-refractivity contribution in [3.63, 3.8) is 0 Å². The largest absolute Gasteiger partial charge is 0.339 e. The van der Waals surface area contributed by atoms with Gasteiger partial charge in [0.1, 0.15) is 0 Å². The Kier molecular flexibility index (Phi) is 4.63. The van der Waals surface area contributed by atoms with Gasteiger partial charge < -0.3 is 10.3 Å². The van der Waals surface area contributed by atoms with Crippen LogP contribution in [0.3, 0.4) is 0 Å². The number of hydrogen-bond donors (Lipinski definition) is 1. The Balaban J connectivity index is 1.94. The second kappa shape index (κ2) is 6.22. The van der Waals surface area contributed by atoms with E-state index in [1.165, 1.54) is 0 Å². The lowest BCUT2D eigenvalue weighted by molar-refractivity contribution is 0.368. The highest BCUT2D eigenvalue weighted by Crippen LogP contribution is 2.28. The fourth-order valence-corrected chi connectivity index (χ4v) is 2.49. The van der Waals surface area contributed by atoms with Crippen molar-refractivity contribution >= 4 is 23.4 Å². The molecule has 96 valence electrons. The van der Waals surface area contributed by atoms with Crippen molar-refractivity contribution in [3.05, 3.63) is 41.0 Å². The van der Waals surface area contributed by atoms with Gasteiger partial charge in [0.15, 0.2) is 5.82 Å². The molecule has 0 amide bonds. The second-order valence-electron chi connectivity index (χ2n) is 4.00. The van der Waals surface area contributed by atoms with Gasteiger partial charge in [-0.25, -0.2) is 0 Å². The molecule has 0 radical (unpaired) electrons. The van der Waals surface area contributed by atoms with Crippen LogP contribution >= 0.6 is 23.4 Å². The number of rotatable bonds is 5. The molecule has 6 heteroatoms. The van der Waals surface area contributed by atoms with Gasteiger partial charge in [0.05, 0.1) is 10.8 Å². The third-order valence-electron chi connectivity index (χ3n) is 2.20. The van der Waals surface area contributed by atoms with E-state index in [9.17, 15) is 0 Å². The summed E-state index contributed by atoms with van der Waals surface area (Å²) in [5.74, 6) is 1.88. The number of thioether (sulfide) groups is 1. The summed E-state index contributed by atoms with van der Waals surface area (Å²) in [7, 11) is 0.